The van der Waals surface area contributed by atoms with Crippen LogP contribution in [0, 0.1) is 5.92 Å². The predicted octanol–water partition coefficient (Wildman–Crippen LogP) is 3.67. The van der Waals surface area contributed by atoms with E-state index in [1.165, 1.54) is 42.9 Å². The highest BCUT2D eigenvalue weighted by molar-refractivity contribution is 5.21. The first-order valence-electron chi connectivity index (χ1n) is 10.3. The van der Waals surface area contributed by atoms with Gasteiger partial charge in [0.15, 0.2) is 0 Å². The monoisotopic (exact) mass is 352 g/mol. The lowest BCUT2D eigenvalue weighted by Crippen LogP contribution is -2.45. The summed E-state index contributed by atoms with van der Waals surface area (Å²) in [5.74, 6) is 0.725. The van der Waals surface area contributed by atoms with Crippen molar-refractivity contribution in [2.75, 3.05) is 26.2 Å². The summed E-state index contributed by atoms with van der Waals surface area (Å²) in [4.78, 5) is 13.5. The predicted molar refractivity (Wildman–Crippen MR) is 106 cm³/mol. The molecule has 4 nitrogen and oxygen atoms in total. The van der Waals surface area contributed by atoms with Crippen LogP contribution in [0.25, 0.3) is 0 Å². The zero-order chi connectivity index (χ0) is 17.9. The van der Waals surface area contributed by atoms with Gasteiger partial charge in [-0.3, -0.25) is 4.90 Å². The van der Waals surface area contributed by atoms with Gasteiger partial charge in [-0.05, 0) is 57.7 Å². The molecule has 0 saturated carbocycles. The molecule has 2 aliphatic heterocycles. The van der Waals surface area contributed by atoms with Crippen LogP contribution in [0.15, 0.2) is 36.7 Å². The van der Waals surface area contributed by atoms with Crippen molar-refractivity contribution in [2.24, 2.45) is 5.92 Å². The first-order chi connectivity index (χ1) is 12.7. The SMILES string of the molecule is CC(C)N1CCC(C2c3nc[nH]c3CCN2CCc2ccccc2)CC1. The summed E-state index contributed by atoms with van der Waals surface area (Å²) in [5.41, 5.74) is 4.14. The number of aromatic amines is 1. The molecule has 4 heteroatoms. The van der Waals surface area contributed by atoms with Gasteiger partial charge in [-0.15, -0.1) is 0 Å². The molecule has 1 saturated heterocycles. The minimum Gasteiger partial charge on any atom is -0.348 e. The lowest BCUT2D eigenvalue weighted by Gasteiger charge is -2.43. The van der Waals surface area contributed by atoms with Crippen LogP contribution in [0.2, 0.25) is 0 Å². The second-order valence-electron chi connectivity index (χ2n) is 8.20. The van der Waals surface area contributed by atoms with E-state index in [1.807, 2.05) is 6.33 Å². The average Bonchev–Trinajstić information content (AvgIpc) is 3.15. The molecule has 2 aliphatic rings. The van der Waals surface area contributed by atoms with Crippen LogP contribution in [0.4, 0.5) is 0 Å². The van der Waals surface area contributed by atoms with E-state index in [2.05, 4.69) is 59.0 Å². The van der Waals surface area contributed by atoms with Gasteiger partial charge in [-0.2, -0.15) is 0 Å². The fourth-order valence-electron chi connectivity index (χ4n) is 4.80. The number of piperidine rings is 1. The fraction of sp³-hybridized carbons (Fsp3) is 0.591. The molecule has 1 unspecified atom stereocenters. The van der Waals surface area contributed by atoms with Gasteiger partial charge in [0.2, 0.25) is 0 Å². The van der Waals surface area contributed by atoms with Crippen LogP contribution in [-0.4, -0.2) is 52.0 Å². The molecular weight excluding hydrogens is 320 g/mol. The standard InChI is InChI=1S/C22H32N4/c1-17(2)25-13-9-19(10-14-25)22-21-20(23-16-24-21)11-15-26(22)12-8-18-6-4-3-5-7-18/h3-7,16-17,19,22H,8-15H2,1-2H3,(H,23,24). The van der Waals surface area contributed by atoms with E-state index in [-0.39, 0.29) is 0 Å². The Labute approximate surface area is 157 Å². The van der Waals surface area contributed by atoms with Crippen molar-refractivity contribution in [2.45, 2.75) is 51.6 Å². The van der Waals surface area contributed by atoms with Gasteiger partial charge in [0, 0.05) is 31.2 Å². The lowest BCUT2D eigenvalue weighted by atomic mass is 9.83. The van der Waals surface area contributed by atoms with Crippen LogP contribution < -0.4 is 0 Å². The lowest BCUT2D eigenvalue weighted by molar-refractivity contribution is 0.0669. The zero-order valence-corrected chi connectivity index (χ0v) is 16.2. The van der Waals surface area contributed by atoms with Gasteiger partial charge in [-0.1, -0.05) is 30.3 Å². The molecule has 3 heterocycles. The van der Waals surface area contributed by atoms with Gasteiger partial charge in [-0.25, -0.2) is 4.98 Å². The third-order valence-corrected chi connectivity index (χ3v) is 6.36. The molecule has 1 fully saturated rings. The average molecular weight is 353 g/mol. The Balaban J connectivity index is 1.48. The minimum atomic E-state index is 0.489. The number of nitrogens with zero attached hydrogens (tertiary/aromatic N) is 3. The molecule has 1 aromatic heterocycles. The molecule has 1 atom stereocenters. The number of fused-ring (bicyclic) bond motifs is 1. The Morgan fingerprint density at radius 3 is 2.62 bits per heavy atom. The van der Waals surface area contributed by atoms with Crippen LogP contribution in [0.1, 0.15) is 49.7 Å². The highest BCUT2D eigenvalue weighted by atomic mass is 15.2. The van der Waals surface area contributed by atoms with Crippen molar-refractivity contribution in [1.82, 2.24) is 19.8 Å². The van der Waals surface area contributed by atoms with Gasteiger partial charge in [0.1, 0.15) is 0 Å². The van der Waals surface area contributed by atoms with Crippen LogP contribution in [0.3, 0.4) is 0 Å². The third kappa shape index (κ3) is 3.72. The fourth-order valence-corrected chi connectivity index (χ4v) is 4.80. The maximum absolute atomic E-state index is 4.76. The molecule has 26 heavy (non-hydrogen) atoms. The van der Waals surface area contributed by atoms with Crippen molar-refractivity contribution >= 4 is 0 Å². The van der Waals surface area contributed by atoms with E-state index in [4.69, 9.17) is 4.98 Å². The van der Waals surface area contributed by atoms with E-state index < -0.39 is 0 Å². The van der Waals surface area contributed by atoms with Crippen molar-refractivity contribution in [3.8, 4) is 0 Å². The van der Waals surface area contributed by atoms with Crippen LogP contribution in [-0.2, 0) is 12.8 Å². The second kappa shape index (κ2) is 7.93. The van der Waals surface area contributed by atoms with E-state index in [0.717, 1.165) is 31.8 Å². The third-order valence-electron chi connectivity index (χ3n) is 6.36. The van der Waals surface area contributed by atoms with E-state index in [9.17, 15) is 0 Å². The summed E-state index contributed by atoms with van der Waals surface area (Å²) in [6.07, 6.45) is 6.71. The molecule has 2 aromatic rings. The van der Waals surface area contributed by atoms with E-state index >= 15 is 0 Å². The summed E-state index contributed by atoms with van der Waals surface area (Å²) in [5, 5.41) is 0. The molecule has 0 bridgehead atoms. The largest absolute Gasteiger partial charge is 0.348 e. The van der Waals surface area contributed by atoms with Crippen molar-refractivity contribution < 1.29 is 0 Å². The number of likely N-dealkylation sites (tertiary alicyclic amines) is 1. The first kappa shape index (κ1) is 17.7. The second-order valence-corrected chi connectivity index (χ2v) is 8.20. The smallest absolute Gasteiger partial charge is 0.0925 e. The molecule has 0 amide bonds. The molecule has 1 N–H and O–H groups in total. The molecular formula is C22H32N4. The maximum atomic E-state index is 4.76. The summed E-state index contributed by atoms with van der Waals surface area (Å²) in [7, 11) is 0. The Hall–Kier alpha value is -1.65. The van der Waals surface area contributed by atoms with Crippen molar-refractivity contribution in [3.05, 3.63) is 53.6 Å². The summed E-state index contributed by atoms with van der Waals surface area (Å²) in [6, 6.07) is 12.1. The van der Waals surface area contributed by atoms with Gasteiger partial charge < -0.3 is 9.88 Å². The summed E-state index contributed by atoms with van der Waals surface area (Å²) >= 11 is 0. The zero-order valence-electron chi connectivity index (χ0n) is 16.2. The molecule has 4 rings (SSSR count). The molecule has 0 aliphatic carbocycles. The quantitative estimate of drug-likeness (QED) is 0.892. The molecule has 0 radical (unpaired) electrons. The maximum Gasteiger partial charge on any atom is 0.0925 e. The summed E-state index contributed by atoms with van der Waals surface area (Å²) in [6.45, 7) is 9.37. The van der Waals surface area contributed by atoms with E-state index in [0.29, 0.717) is 12.1 Å². The van der Waals surface area contributed by atoms with Gasteiger partial charge >= 0.3 is 0 Å². The topological polar surface area (TPSA) is 35.2 Å². The summed E-state index contributed by atoms with van der Waals surface area (Å²) < 4.78 is 0. The number of hydrogen-bond donors (Lipinski definition) is 1. The number of nitrogens with one attached hydrogen (secondary N) is 1. The Kier molecular flexibility index (Phi) is 5.41. The van der Waals surface area contributed by atoms with Gasteiger partial charge in [0.05, 0.1) is 18.1 Å². The Morgan fingerprint density at radius 1 is 1.12 bits per heavy atom. The van der Waals surface area contributed by atoms with Crippen LogP contribution in [0.5, 0.6) is 0 Å². The Bertz CT molecular complexity index is 685. The Morgan fingerprint density at radius 2 is 1.88 bits per heavy atom. The van der Waals surface area contributed by atoms with Crippen molar-refractivity contribution in [3.63, 3.8) is 0 Å². The number of hydrogen-bond acceptors (Lipinski definition) is 3. The number of imidazole rings is 1. The van der Waals surface area contributed by atoms with Crippen LogP contribution >= 0.6 is 0 Å². The van der Waals surface area contributed by atoms with Gasteiger partial charge in [0.25, 0.3) is 0 Å². The minimum absolute atomic E-state index is 0.489. The molecule has 1 aromatic carbocycles. The first-order valence-corrected chi connectivity index (χ1v) is 10.3. The number of benzene rings is 1. The molecule has 0 spiro atoms. The highest BCUT2D eigenvalue weighted by Crippen LogP contribution is 2.38. The number of H-pyrrole nitrogens is 1. The van der Waals surface area contributed by atoms with E-state index in [1.54, 1.807) is 0 Å². The molecule has 140 valence electrons. The highest BCUT2D eigenvalue weighted by Gasteiger charge is 2.37. The number of aromatic nitrogens is 2. The number of rotatable bonds is 5. The van der Waals surface area contributed by atoms with Crippen molar-refractivity contribution in [1.29, 1.82) is 0 Å². The normalized spacial score (nSPS) is 22.7.